The van der Waals surface area contributed by atoms with Crippen LogP contribution in [0.3, 0.4) is 0 Å². The lowest BCUT2D eigenvalue weighted by Crippen LogP contribution is -1.99. The summed E-state index contributed by atoms with van der Waals surface area (Å²) < 4.78 is 2.25. The molecule has 0 radical (unpaired) electrons. The van der Waals surface area contributed by atoms with Crippen molar-refractivity contribution in [1.29, 1.82) is 0 Å². The molecule has 1 heterocycles. The van der Waals surface area contributed by atoms with Crippen LogP contribution in [-0.4, -0.2) is 16.3 Å². The molecule has 0 bridgehead atoms. The Labute approximate surface area is 103 Å². The van der Waals surface area contributed by atoms with Gasteiger partial charge in [-0.2, -0.15) is 0 Å². The molecule has 2 nitrogen and oxygen atoms in total. The molecule has 0 saturated carbocycles. The molecule has 0 saturated heterocycles. The van der Waals surface area contributed by atoms with Crippen molar-refractivity contribution in [2.75, 3.05) is 6.61 Å². The van der Waals surface area contributed by atoms with Crippen molar-refractivity contribution in [3.63, 3.8) is 0 Å². The van der Waals surface area contributed by atoms with Gasteiger partial charge in [0.15, 0.2) is 0 Å². The number of benzene rings is 1. The Morgan fingerprint density at radius 1 is 0.941 bits per heavy atom. The van der Waals surface area contributed by atoms with E-state index in [2.05, 4.69) is 54.8 Å². The van der Waals surface area contributed by atoms with Crippen LogP contribution in [0.2, 0.25) is 0 Å². The van der Waals surface area contributed by atoms with Crippen molar-refractivity contribution in [2.24, 2.45) is 0 Å². The summed E-state index contributed by atoms with van der Waals surface area (Å²) in [6.07, 6.45) is 1.78. The van der Waals surface area contributed by atoms with Gasteiger partial charge in [-0.25, -0.2) is 0 Å². The van der Waals surface area contributed by atoms with Crippen molar-refractivity contribution in [3.8, 4) is 5.69 Å². The Morgan fingerprint density at radius 3 is 2.06 bits per heavy atom. The van der Waals surface area contributed by atoms with Gasteiger partial charge in [0.05, 0.1) is 0 Å². The van der Waals surface area contributed by atoms with Gasteiger partial charge in [-0.3, -0.25) is 0 Å². The van der Waals surface area contributed by atoms with Crippen LogP contribution >= 0.6 is 0 Å². The number of rotatable bonds is 4. The molecular formula is C15H19NO. The second kappa shape index (κ2) is 5.19. The molecule has 2 rings (SSSR count). The largest absolute Gasteiger partial charge is 0.396 e. The molecule has 1 aromatic heterocycles. The van der Waals surface area contributed by atoms with Crippen molar-refractivity contribution >= 4 is 0 Å². The number of aliphatic hydroxyl groups excluding tert-OH is 1. The van der Waals surface area contributed by atoms with Gasteiger partial charge < -0.3 is 9.67 Å². The lowest BCUT2D eigenvalue weighted by Gasteiger charge is -2.10. The molecule has 1 N–H and O–H groups in total. The first-order valence-electron chi connectivity index (χ1n) is 6.07. The van der Waals surface area contributed by atoms with E-state index in [0.29, 0.717) is 0 Å². The van der Waals surface area contributed by atoms with E-state index in [1.54, 1.807) is 0 Å². The highest BCUT2D eigenvalue weighted by molar-refractivity contribution is 5.39. The summed E-state index contributed by atoms with van der Waals surface area (Å²) in [4.78, 5) is 0. The van der Waals surface area contributed by atoms with Crippen LogP contribution in [0.25, 0.3) is 5.69 Å². The molecule has 90 valence electrons. The summed E-state index contributed by atoms with van der Waals surface area (Å²) in [6.45, 7) is 4.50. The summed E-state index contributed by atoms with van der Waals surface area (Å²) in [5, 5.41) is 8.80. The predicted molar refractivity (Wildman–Crippen MR) is 70.6 cm³/mol. The molecule has 0 fully saturated rings. The van der Waals surface area contributed by atoms with E-state index >= 15 is 0 Å². The molecule has 2 aromatic rings. The van der Waals surface area contributed by atoms with Crippen LogP contribution in [0.5, 0.6) is 0 Å². The Hall–Kier alpha value is -1.54. The van der Waals surface area contributed by atoms with Crippen molar-refractivity contribution in [1.82, 2.24) is 4.57 Å². The van der Waals surface area contributed by atoms with Crippen molar-refractivity contribution in [3.05, 3.63) is 53.3 Å². The Kier molecular flexibility index (Phi) is 3.64. The zero-order valence-corrected chi connectivity index (χ0v) is 10.5. The molecular weight excluding hydrogens is 210 g/mol. The van der Waals surface area contributed by atoms with Gasteiger partial charge in [0, 0.05) is 23.7 Å². The van der Waals surface area contributed by atoms with Gasteiger partial charge in [-0.05, 0) is 56.5 Å². The number of hydrogen-bond acceptors (Lipinski definition) is 1. The lowest BCUT2D eigenvalue weighted by atomic mass is 10.1. The second-order valence-electron chi connectivity index (χ2n) is 4.45. The number of aryl methyl sites for hydroxylation is 3. The average molecular weight is 229 g/mol. The van der Waals surface area contributed by atoms with Crippen LogP contribution in [0.15, 0.2) is 36.4 Å². The fourth-order valence-electron chi connectivity index (χ4n) is 2.17. The maximum absolute atomic E-state index is 8.80. The Balaban J connectivity index is 2.23. The van der Waals surface area contributed by atoms with Crippen LogP contribution in [0.1, 0.15) is 23.4 Å². The fourth-order valence-corrected chi connectivity index (χ4v) is 2.17. The zero-order chi connectivity index (χ0) is 12.3. The van der Waals surface area contributed by atoms with Gasteiger partial charge in [0.2, 0.25) is 0 Å². The van der Waals surface area contributed by atoms with Crippen LogP contribution in [0, 0.1) is 13.8 Å². The van der Waals surface area contributed by atoms with E-state index in [-0.39, 0.29) is 6.61 Å². The fraction of sp³-hybridized carbons (Fsp3) is 0.333. The summed E-state index contributed by atoms with van der Waals surface area (Å²) in [5.41, 5.74) is 5.00. The monoisotopic (exact) mass is 229 g/mol. The average Bonchev–Trinajstić information content (AvgIpc) is 2.67. The number of aliphatic hydroxyl groups is 1. The molecule has 0 atom stereocenters. The predicted octanol–water partition coefficient (Wildman–Crippen LogP) is 3.02. The van der Waals surface area contributed by atoms with E-state index in [0.717, 1.165) is 12.8 Å². The molecule has 2 heteroatoms. The zero-order valence-electron chi connectivity index (χ0n) is 10.5. The van der Waals surface area contributed by atoms with Gasteiger partial charge in [-0.15, -0.1) is 0 Å². The van der Waals surface area contributed by atoms with E-state index in [9.17, 15) is 0 Å². The maximum Gasteiger partial charge on any atom is 0.0455 e. The molecule has 0 amide bonds. The smallest absolute Gasteiger partial charge is 0.0455 e. The highest BCUT2D eigenvalue weighted by atomic mass is 16.2. The third kappa shape index (κ3) is 2.59. The lowest BCUT2D eigenvalue weighted by molar-refractivity contribution is 0.288. The van der Waals surface area contributed by atoms with Crippen LogP contribution in [0.4, 0.5) is 0 Å². The molecule has 0 aliphatic heterocycles. The maximum atomic E-state index is 8.80. The van der Waals surface area contributed by atoms with Gasteiger partial charge in [-0.1, -0.05) is 12.1 Å². The first-order valence-corrected chi connectivity index (χ1v) is 6.07. The van der Waals surface area contributed by atoms with E-state index in [4.69, 9.17) is 5.11 Å². The van der Waals surface area contributed by atoms with Gasteiger partial charge in [0.1, 0.15) is 0 Å². The minimum atomic E-state index is 0.261. The summed E-state index contributed by atoms with van der Waals surface area (Å²) in [5.74, 6) is 0. The van der Waals surface area contributed by atoms with E-state index < -0.39 is 0 Å². The standard InChI is InChI=1S/C15H19NO/c1-12-5-6-13(2)16(12)15-9-7-14(8-10-15)4-3-11-17/h5-10,17H,3-4,11H2,1-2H3. The first-order chi connectivity index (χ1) is 8.22. The number of hydrogen-bond donors (Lipinski definition) is 1. The molecule has 0 aliphatic carbocycles. The third-order valence-electron chi connectivity index (χ3n) is 3.09. The second-order valence-corrected chi connectivity index (χ2v) is 4.45. The number of aromatic nitrogens is 1. The quantitative estimate of drug-likeness (QED) is 0.856. The van der Waals surface area contributed by atoms with Gasteiger partial charge >= 0.3 is 0 Å². The normalized spacial score (nSPS) is 10.8. The van der Waals surface area contributed by atoms with Crippen molar-refractivity contribution < 1.29 is 5.11 Å². The molecule has 0 unspecified atom stereocenters. The third-order valence-corrected chi connectivity index (χ3v) is 3.09. The first kappa shape index (κ1) is 11.9. The number of nitrogens with zero attached hydrogens (tertiary/aromatic N) is 1. The minimum absolute atomic E-state index is 0.261. The van der Waals surface area contributed by atoms with Gasteiger partial charge in [0.25, 0.3) is 0 Å². The Morgan fingerprint density at radius 2 is 1.53 bits per heavy atom. The molecule has 0 aliphatic rings. The highest BCUT2D eigenvalue weighted by Crippen LogP contribution is 2.17. The van der Waals surface area contributed by atoms with Crippen molar-refractivity contribution in [2.45, 2.75) is 26.7 Å². The van der Waals surface area contributed by atoms with E-state index in [1.165, 1.54) is 22.6 Å². The molecule has 0 spiro atoms. The minimum Gasteiger partial charge on any atom is -0.396 e. The van der Waals surface area contributed by atoms with Crippen LogP contribution in [-0.2, 0) is 6.42 Å². The summed E-state index contributed by atoms with van der Waals surface area (Å²) in [7, 11) is 0. The molecule has 17 heavy (non-hydrogen) atoms. The summed E-state index contributed by atoms with van der Waals surface area (Å²) in [6, 6.07) is 12.8. The highest BCUT2D eigenvalue weighted by Gasteiger charge is 2.03. The SMILES string of the molecule is Cc1ccc(C)n1-c1ccc(CCCO)cc1. The Bertz CT molecular complexity index is 463. The van der Waals surface area contributed by atoms with E-state index in [1.807, 2.05) is 0 Å². The molecule has 1 aromatic carbocycles. The summed E-state index contributed by atoms with van der Waals surface area (Å²) >= 11 is 0. The topological polar surface area (TPSA) is 25.2 Å². The van der Waals surface area contributed by atoms with Crippen LogP contribution < -0.4 is 0 Å².